The van der Waals surface area contributed by atoms with Gasteiger partial charge in [-0.2, -0.15) is 0 Å². The minimum Gasteiger partial charge on any atom is -0.497 e. The summed E-state index contributed by atoms with van der Waals surface area (Å²) in [6.07, 6.45) is 0. The summed E-state index contributed by atoms with van der Waals surface area (Å²) < 4.78 is 43.3. The number of carbonyl (C=O) groups excluding carboxylic acids is 1. The number of rotatable bonds is 8. The van der Waals surface area contributed by atoms with Crippen molar-refractivity contribution >= 4 is 33.0 Å². The predicted octanol–water partition coefficient (Wildman–Crippen LogP) is 4.57. The largest absolute Gasteiger partial charge is 0.497 e. The molecule has 0 amide bonds. The van der Waals surface area contributed by atoms with Gasteiger partial charge in [0.15, 0.2) is 12.4 Å². The summed E-state index contributed by atoms with van der Waals surface area (Å²) in [5.74, 6) is 0.373. The molecule has 2 aromatic heterocycles. The van der Waals surface area contributed by atoms with Gasteiger partial charge in [0.1, 0.15) is 15.7 Å². The molecule has 32 heavy (non-hydrogen) atoms. The first-order valence-corrected chi connectivity index (χ1v) is 11.7. The monoisotopic (exact) mass is 470 g/mol. The molecule has 4 rings (SSSR count). The maximum absolute atomic E-state index is 12.6. The summed E-state index contributed by atoms with van der Waals surface area (Å²) in [6.45, 7) is -0.159. The Kier molecular flexibility index (Phi) is 6.24. The molecule has 0 aliphatic rings. The molecule has 0 unspecified atom stereocenters. The number of sulfonamides is 1. The van der Waals surface area contributed by atoms with Gasteiger partial charge in [-0.25, -0.2) is 13.2 Å². The maximum atomic E-state index is 12.6. The standard InChI is InChI=1S/C22H18N2O6S2/c1-28-16-10-8-15(9-11-16)20-13-17(30-23-20)14-29-22(25)18-5-2-3-6-19(18)24-32(26,27)21-7-4-12-31-21/h2-13,24H,14H2,1H3. The van der Waals surface area contributed by atoms with Gasteiger partial charge in [-0.15, -0.1) is 11.3 Å². The zero-order valence-corrected chi connectivity index (χ0v) is 18.5. The number of methoxy groups -OCH3 is 1. The zero-order valence-electron chi connectivity index (χ0n) is 16.8. The molecule has 0 saturated heterocycles. The van der Waals surface area contributed by atoms with Crippen molar-refractivity contribution in [2.45, 2.75) is 10.8 Å². The summed E-state index contributed by atoms with van der Waals surface area (Å²) in [4.78, 5) is 12.6. The highest BCUT2D eigenvalue weighted by Crippen LogP contribution is 2.25. The molecule has 0 radical (unpaired) electrons. The van der Waals surface area contributed by atoms with Crippen LogP contribution in [-0.2, 0) is 21.4 Å². The molecule has 1 N–H and O–H groups in total. The molecule has 0 aliphatic heterocycles. The molecule has 0 fully saturated rings. The maximum Gasteiger partial charge on any atom is 0.340 e. The second-order valence-electron chi connectivity index (χ2n) is 6.57. The van der Waals surface area contributed by atoms with Crippen molar-refractivity contribution < 1.29 is 27.2 Å². The molecule has 0 bridgehead atoms. The topological polar surface area (TPSA) is 108 Å². The molecular formula is C22H18N2O6S2. The highest BCUT2D eigenvalue weighted by Gasteiger charge is 2.20. The van der Waals surface area contributed by atoms with Crippen LogP contribution >= 0.6 is 11.3 Å². The number of nitrogens with zero attached hydrogens (tertiary/aromatic N) is 1. The summed E-state index contributed by atoms with van der Waals surface area (Å²) in [7, 11) is -2.22. The third-order valence-corrected chi connectivity index (χ3v) is 7.20. The lowest BCUT2D eigenvalue weighted by Crippen LogP contribution is -2.15. The molecule has 0 spiro atoms. The lowest BCUT2D eigenvalue weighted by molar-refractivity contribution is 0.0438. The van der Waals surface area contributed by atoms with Gasteiger partial charge in [0.25, 0.3) is 10.0 Å². The van der Waals surface area contributed by atoms with E-state index in [1.54, 1.807) is 48.9 Å². The fraction of sp³-hybridized carbons (Fsp3) is 0.0909. The Labute approximate surface area is 188 Å². The van der Waals surface area contributed by atoms with Crippen LogP contribution < -0.4 is 9.46 Å². The molecule has 4 aromatic rings. The summed E-state index contributed by atoms with van der Waals surface area (Å²) in [5, 5.41) is 5.65. The van der Waals surface area contributed by atoms with Gasteiger partial charge in [0.2, 0.25) is 0 Å². The summed E-state index contributed by atoms with van der Waals surface area (Å²) in [6, 6.07) is 18.3. The van der Waals surface area contributed by atoms with E-state index >= 15 is 0 Å². The van der Waals surface area contributed by atoms with Crippen molar-refractivity contribution in [3.05, 3.63) is 83.4 Å². The minimum atomic E-state index is -3.80. The quantitative estimate of drug-likeness (QED) is 0.376. The highest BCUT2D eigenvalue weighted by atomic mass is 32.2. The second kappa shape index (κ2) is 9.25. The first-order chi connectivity index (χ1) is 15.5. The number of hydrogen-bond acceptors (Lipinski definition) is 8. The van der Waals surface area contributed by atoms with Crippen molar-refractivity contribution in [3.8, 4) is 17.0 Å². The lowest BCUT2D eigenvalue weighted by Gasteiger charge is -2.11. The number of anilines is 1. The highest BCUT2D eigenvalue weighted by molar-refractivity contribution is 7.94. The molecular weight excluding hydrogens is 452 g/mol. The van der Waals surface area contributed by atoms with E-state index < -0.39 is 16.0 Å². The fourth-order valence-corrected chi connectivity index (χ4v) is 4.93. The van der Waals surface area contributed by atoms with Crippen LogP contribution in [0.2, 0.25) is 0 Å². The van der Waals surface area contributed by atoms with E-state index in [-0.39, 0.29) is 22.1 Å². The van der Waals surface area contributed by atoms with Gasteiger partial charge in [0, 0.05) is 11.6 Å². The van der Waals surface area contributed by atoms with Crippen LogP contribution in [-0.4, -0.2) is 26.7 Å². The average Bonchev–Trinajstić information content (AvgIpc) is 3.51. The van der Waals surface area contributed by atoms with Crippen LogP contribution in [0.5, 0.6) is 5.75 Å². The first kappa shape index (κ1) is 21.6. The van der Waals surface area contributed by atoms with Crippen LogP contribution in [0.4, 0.5) is 5.69 Å². The van der Waals surface area contributed by atoms with Crippen molar-refractivity contribution in [1.82, 2.24) is 5.16 Å². The van der Waals surface area contributed by atoms with E-state index in [4.69, 9.17) is 14.0 Å². The number of benzene rings is 2. The average molecular weight is 471 g/mol. The van der Waals surface area contributed by atoms with Crippen molar-refractivity contribution in [2.75, 3.05) is 11.8 Å². The number of aromatic nitrogens is 1. The normalized spacial score (nSPS) is 11.2. The van der Waals surface area contributed by atoms with Gasteiger partial charge >= 0.3 is 5.97 Å². The molecule has 8 nitrogen and oxygen atoms in total. The van der Waals surface area contributed by atoms with Crippen molar-refractivity contribution in [1.29, 1.82) is 0 Å². The number of carbonyl (C=O) groups is 1. The molecule has 2 heterocycles. The Bertz CT molecular complexity index is 1310. The zero-order chi connectivity index (χ0) is 22.6. The first-order valence-electron chi connectivity index (χ1n) is 9.39. The molecule has 164 valence electrons. The number of esters is 1. The Hall–Kier alpha value is -3.63. The molecule has 2 aromatic carbocycles. The Morgan fingerprint density at radius 3 is 2.59 bits per heavy atom. The van der Waals surface area contributed by atoms with E-state index in [9.17, 15) is 13.2 Å². The molecule has 0 aliphatic carbocycles. The van der Waals surface area contributed by atoms with Crippen LogP contribution in [0.1, 0.15) is 16.1 Å². The Morgan fingerprint density at radius 2 is 1.88 bits per heavy atom. The smallest absolute Gasteiger partial charge is 0.340 e. The number of hydrogen-bond donors (Lipinski definition) is 1. The third kappa shape index (κ3) is 4.82. The van der Waals surface area contributed by atoms with E-state index in [0.717, 1.165) is 22.6 Å². The number of para-hydroxylation sites is 1. The number of nitrogens with one attached hydrogen (secondary N) is 1. The van der Waals surface area contributed by atoms with E-state index in [2.05, 4.69) is 9.88 Å². The Balaban J connectivity index is 1.44. The SMILES string of the molecule is COc1ccc(-c2cc(COC(=O)c3ccccc3NS(=O)(=O)c3cccs3)on2)cc1. The van der Waals surface area contributed by atoms with Crippen molar-refractivity contribution in [3.63, 3.8) is 0 Å². The van der Waals surface area contributed by atoms with Gasteiger partial charge in [0.05, 0.1) is 18.4 Å². The van der Waals surface area contributed by atoms with Crippen LogP contribution in [0.15, 0.2) is 80.8 Å². The number of ether oxygens (including phenoxy) is 2. The van der Waals surface area contributed by atoms with Crippen LogP contribution in [0.3, 0.4) is 0 Å². The van der Waals surface area contributed by atoms with Gasteiger partial charge < -0.3 is 14.0 Å². The molecule has 10 heteroatoms. The Morgan fingerprint density at radius 1 is 1.09 bits per heavy atom. The van der Waals surface area contributed by atoms with E-state index in [1.807, 2.05) is 12.1 Å². The minimum absolute atomic E-state index is 0.0857. The van der Waals surface area contributed by atoms with Gasteiger partial charge in [-0.3, -0.25) is 4.72 Å². The molecule has 0 atom stereocenters. The van der Waals surface area contributed by atoms with Crippen LogP contribution in [0, 0.1) is 0 Å². The summed E-state index contributed by atoms with van der Waals surface area (Å²) >= 11 is 1.08. The predicted molar refractivity (Wildman–Crippen MR) is 119 cm³/mol. The van der Waals surface area contributed by atoms with Crippen molar-refractivity contribution in [2.24, 2.45) is 0 Å². The van der Waals surface area contributed by atoms with E-state index in [1.165, 1.54) is 18.2 Å². The van der Waals surface area contributed by atoms with Crippen LogP contribution in [0.25, 0.3) is 11.3 Å². The third-order valence-electron chi connectivity index (χ3n) is 4.44. The van der Waals surface area contributed by atoms with Gasteiger partial charge in [-0.05, 0) is 47.8 Å². The lowest BCUT2D eigenvalue weighted by atomic mass is 10.1. The molecule has 0 saturated carbocycles. The van der Waals surface area contributed by atoms with Gasteiger partial charge in [-0.1, -0.05) is 23.4 Å². The number of thiophene rings is 1. The van der Waals surface area contributed by atoms with E-state index in [0.29, 0.717) is 11.5 Å². The summed E-state index contributed by atoms with van der Waals surface area (Å²) in [5.41, 5.74) is 1.62. The second-order valence-corrected chi connectivity index (χ2v) is 9.42. The fourth-order valence-electron chi connectivity index (χ4n) is 2.85.